The summed E-state index contributed by atoms with van der Waals surface area (Å²) in [4.78, 5) is 22.1. The van der Waals surface area contributed by atoms with Gasteiger partial charge in [0.1, 0.15) is 5.82 Å². The number of allylic oxidation sites excluding steroid dienone is 3. The SMILES string of the molecule is CCSc1ccsc1[C@H]1C(C#N)=C(N)N(c2cccnc2)C2=C1C(=O)C[C@H](c1ccccc1)C2. The van der Waals surface area contributed by atoms with Crippen LogP contribution in [0.2, 0.25) is 0 Å². The number of pyridine rings is 1. The van der Waals surface area contributed by atoms with Crippen molar-refractivity contribution in [3.8, 4) is 6.07 Å². The third-order valence-corrected chi connectivity index (χ3v) is 8.43. The molecule has 0 bridgehead atoms. The van der Waals surface area contributed by atoms with Crippen molar-refractivity contribution in [2.45, 2.75) is 36.5 Å². The molecule has 5 rings (SSSR count). The number of rotatable bonds is 5. The zero-order valence-electron chi connectivity index (χ0n) is 18.8. The first-order valence-electron chi connectivity index (χ1n) is 11.2. The maximum absolute atomic E-state index is 13.9. The highest BCUT2D eigenvalue weighted by atomic mass is 32.2. The topological polar surface area (TPSA) is 83.0 Å². The standard InChI is InChI=1S/C27H24N4OS2/c1-2-33-23-10-12-34-26(23)24-20(15-28)27(29)31(19-9-6-11-30-16-19)21-13-18(14-22(32)25(21)24)17-7-4-3-5-8-17/h3-12,16,18,24H,2,13-14,29H2,1H3/t18-,24+/m1/s1. The number of nitriles is 1. The number of benzene rings is 1. The number of nitrogens with two attached hydrogens (primary N) is 1. The Kier molecular flexibility index (Phi) is 6.27. The van der Waals surface area contributed by atoms with Crippen molar-refractivity contribution in [3.05, 3.63) is 99.4 Å². The van der Waals surface area contributed by atoms with Gasteiger partial charge in [0.2, 0.25) is 0 Å². The van der Waals surface area contributed by atoms with E-state index in [0.717, 1.165) is 32.5 Å². The van der Waals surface area contributed by atoms with Crippen LogP contribution in [0.3, 0.4) is 0 Å². The van der Waals surface area contributed by atoms with Crippen LogP contribution in [0.5, 0.6) is 0 Å². The summed E-state index contributed by atoms with van der Waals surface area (Å²) < 4.78 is 0. The molecule has 170 valence electrons. The van der Waals surface area contributed by atoms with Gasteiger partial charge in [0, 0.05) is 33.7 Å². The Labute approximate surface area is 207 Å². The van der Waals surface area contributed by atoms with E-state index in [9.17, 15) is 10.1 Å². The first kappa shape index (κ1) is 22.5. The van der Waals surface area contributed by atoms with Gasteiger partial charge in [-0.3, -0.25) is 14.7 Å². The molecule has 3 aromatic rings. The van der Waals surface area contributed by atoms with E-state index in [-0.39, 0.29) is 11.7 Å². The number of carbonyl (C=O) groups is 1. The highest BCUT2D eigenvalue weighted by Gasteiger charge is 2.44. The fourth-order valence-electron chi connectivity index (χ4n) is 4.93. The first-order valence-corrected chi connectivity index (χ1v) is 13.1. The molecule has 7 heteroatoms. The van der Waals surface area contributed by atoms with Gasteiger partial charge in [0.05, 0.1) is 29.4 Å². The molecule has 2 atom stereocenters. The number of carbonyl (C=O) groups excluding carboxylic acids is 1. The molecule has 1 aliphatic carbocycles. The summed E-state index contributed by atoms with van der Waals surface area (Å²) in [5, 5.41) is 12.3. The van der Waals surface area contributed by atoms with E-state index in [0.29, 0.717) is 29.8 Å². The molecule has 0 unspecified atom stereocenters. The van der Waals surface area contributed by atoms with Gasteiger partial charge in [-0.25, -0.2) is 0 Å². The predicted octanol–water partition coefficient (Wildman–Crippen LogP) is 5.95. The van der Waals surface area contributed by atoms with Crippen LogP contribution in [0.25, 0.3) is 0 Å². The van der Waals surface area contributed by atoms with Gasteiger partial charge in [-0.2, -0.15) is 5.26 Å². The number of anilines is 1. The Morgan fingerprint density at radius 2 is 2.03 bits per heavy atom. The van der Waals surface area contributed by atoms with E-state index in [2.05, 4.69) is 36.2 Å². The molecule has 0 amide bonds. The van der Waals surface area contributed by atoms with Crippen molar-refractivity contribution >= 4 is 34.6 Å². The first-order chi connectivity index (χ1) is 16.6. The fourth-order valence-corrected chi connectivity index (χ4v) is 6.98. The molecule has 3 heterocycles. The Hall–Kier alpha value is -3.34. The molecular weight excluding hydrogens is 460 g/mol. The van der Waals surface area contributed by atoms with Crippen LogP contribution in [-0.4, -0.2) is 16.5 Å². The molecule has 0 spiro atoms. The predicted molar refractivity (Wildman–Crippen MR) is 137 cm³/mol. The Balaban J connectivity index is 1.72. The second-order valence-corrected chi connectivity index (χ2v) is 10.5. The summed E-state index contributed by atoms with van der Waals surface area (Å²) in [6.45, 7) is 2.10. The van der Waals surface area contributed by atoms with Gasteiger partial charge < -0.3 is 5.73 Å². The molecule has 2 aromatic heterocycles. The number of hydrogen-bond donors (Lipinski definition) is 1. The smallest absolute Gasteiger partial charge is 0.162 e. The summed E-state index contributed by atoms with van der Waals surface area (Å²) >= 11 is 3.32. The molecule has 0 radical (unpaired) electrons. The second kappa shape index (κ2) is 9.49. The monoisotopic (exact) mass is 484 g/mol. The second-order valence-electron chi connectivity index (χ2n) is 8.27. The van der Waals surface area contributed by atoms with Gasteiger partial charge in [-0.1, -0.05) is 37.3 Å². The zero-order chi connectivity index (χ0) is 23.7. The molecule has 2 aliphatic rings. The van der Waals surface area contributed by atoms with Crippen molar-refractivity contribution in [2.24, 2.45) is 5.73 Å². The third kappa shape index (κ3) is 3.83. The van der Waals surface area contributed by atoms with Gasteiger partial charge >= 0.3 is 0 Å². The molecular formula is C27H24N4OS2. The van der Waals surface area contributed by atoms with Crippen LogP contribution in [0, 0.1) is 11.3 Å². The van der Waals surface area contributed by atoms with Crippen molar-refractivity contribution < 1.29 is 4.79 Å². The quantitative estimate of drug-likeness (QED) is 0.450. The molecule has 1 aromatic carbocycles. The van der Waals surface area contributed by atoms with Gasteiger partial charge in [-0.05, 0) is 47.2 Å². The number of ketones is 1. The van der Waals surface area contributed by atoms with Crippen molar-refractivity contribution in [2.75, 3.05) is 10.7 Å². The average Bonchev–Trinajstić information content (AvgIpc) is 3.32. The van der Waals surface area contributed by atoms with E-state index < -0.39 is 5.92 Å². The zero-order valence-corrected chi connectivity index (χ0v) is 20.4. The van der Waals surface area contributed by atoms with Gasteiger partial charge in [0.15, 0.2) is 5.78 Å². The normalized spacial score (nSPS) is 20.4. The Bertz CT molecular complexity index is 1320. The highest BCUT2D eigenvalue weighted by molar-refractivity contribution is 7.99. The largest absolute Gasteiger partial charge is 0.384 e. The van der Waals surface area contributed by atoms with Crippen molar-refractivity contribution in [1.29, 1.82) is 5.26 Å². The van der Waals surface area contributed by atoms with Crippen LogP contribution in [0.4, 0.5) is 5.69 Å². The van der Waals surface area contributed by atoms with Crippen LogP contribution >= 0.6 is 23.1 Å². The van der Waals surface area contributed by atoms with E-state index in [1.54, 1.807) is 35.5 Å². The summed E-state index contributed by atoms with van der Waals surface area (Å²) in [7, 11) is 0. The van der Waals surface area contributed by atoms with Crippen LogP contribution < -0.4 is 10.6 Å². The Morgan fingerprint density at radius 3 is 2.74 bits per heavy atom. The maximum Gasteiger partial charge on any atom is 0.162 e. The number of aromatic nitrogens is 1. The highest BCUT2D eigenvalue weighted by Crippen LogP contribution is 2.51. The van der Waals surface area contributed by atoms with Gasteiger partial charge in [-0.15, -0.1) is 23.1 Å². The number of thiophene rings is 1. The van der Waals surface area contributed by atoms with Crippen molar-refractivity contribution in [1.82, 2.24) is 4.98 Å². The van der Waals surface area contributed by atoms with Crippen LogP contribution in [-0.2, 0) is 4.79 Å². The molecule has 0 fully saturated rings. The fraction of sp³-hybridized carbons (Fsp3) is 0.222. The lowest BCUT2D eigenvalue weighted by Crippen LogP contribution is -2.40. The average molecular weight is 485 g/mol. The third-order valence-electron chi connectivity index (χ3n) is 6.36. The van der Waals surface area contributed by atoms with Gasteiger partial charge in [0.25, 0.3) is 0 Å². The summed E-state index contributed by atoms with van der Waals surface area (Å²) in [6.07, 6.45) is 4.51. The number of hydrogen-bond acceptors (Lipinski definition) is 7. The summed E-state index contributed by atoms with van der Waals surface area (Å²) in [5.41, 5.74) is 10.6. The van der Waals surface area contributed by atoms with E-state index >= 15 is 0 Å². The number of thioether (sulfide) groups is 1. The van der Waals surface area contributed by atoms with Crippen LogP contribution in [0.1, 0.15) is 42.0 Å². The Morgan fingerprint density at radius 1 is 1.21 bits per heavy atom. The molecule has 0 saturated carbocycles. The minimum absolute atomic E-state index is 0.0523. The minimum Gasteiger partial charge on any atom is -0.384 e. The lowest BCUT2D eigenvalue weighted by Gasteiger charge is -2.41. The minimum atomic E-state index is -0.439. The molecule has 1 aliphatic heterocycles. The number of nitrogens with zero attached hydrogens (tertiary/aromatic N) is 3. The van der Waals surface area contributed by atoms with Crippen LogP contribution in [0.15, 0.2) is 93.9 Å². The summed E-state index contributed by atoms with van der Waals surface area (Å²) in [6, 6.07) is 18.4. The van der Waals surface area contributed by atoms with E-state index in [1.165, 1.54) is 0 Å². The lowest BCUT2D eigenvalue weighted by molar-refractivity contribution is -0.116. The molecule has 2 N–H and O–H groups in total. The molecule has 5 nitrogen and oxygen atoms in total. The number of Topliss-reactive ketones (excluding diaryl/α,β-unsaturated/α-hetero) is 1. The molecule has 34 heavy (non-hydrogen) atoms. The summed E-state index contributed by atoms with van der Waals surface area (Å²) in [5.74, 6) is 0.981. The lowest BCUT2D eigenvalue weighted by atomic mass is 9.73. The van der Waals surface area contributed by atoms with E-state index in [4.69, 9.17) is 5.73 Å². The van der Waals surface area contributed by atoms with E-state index in [1.807, 2.05) is 40.6 Å². The maximum atomic E-state index is 13.9. The molecule has 0 saturated heterocycles. The van der Waals surface area contributed by atoms with Crippen molar-refractivity contribution in [3.63, 3.8) is 0 Å².